The van der Waals surface area contributed by atoms with E-state index in [0.717, 1.165) is 12.1 Å². The van der Waals surface area contributed by atoms with Crippen molar-refractivity contribution >= 4 is 0 Å². The lowest BCUT2D eigenvalue weighted by atomic mass is 10.2. The van der Waals surface area contributed by atoms with Gasteiger partial charge in [0.15, 0.2) is 0 Å². The Bertz CT molecular complexity index is 199. The minimum absolute atomic E-state index is 0.773. The highest BCUT2D eigenvalue weighted by Crippen LogP contribution is 2.19. The second-order valence-electron chi connectivity index (χ2n) is 5.33. The van der Waals surface area contributed by atoms with E-state index < -0.39 is 0 Å². The average Bonchev–Trinajstić information content (AvgIpc) is 2.64. The molecule has 0 aromatic rings. The van der Waals surface area contributed by atoms with E-state index in [-0.39, 0.29) is 0 Å². The summed E-state index contributed by atoms with van der Waals surface area (Å²) in [6, 6.07) is 1.60. The van der Waals surface area contributed by atoms with Crippen LogP contribution in [0.1, 0.15) is 33.1 Å². The fraction of sp³-hybridized carbons (Fsp3) is 1.00. The van der Waals surface area contributed by atoms with Gasteiger partial charge >= 0.3 is 0 Å². The van der Waals surface area contributed by atoms with E-state index in [1.165, 1.54) is 58.5 Å². The molecule has 0 spiro atoms. The monoisotopic (exact) mass is 225 g/mol. The number of nitrogens with one attached hydrogen (secondary N) is 1. The predicted octanol–water partition coefficient (Wildman–Crippen LogP) is 1.15. The van der Waals surface area contributed by atoms with Crippen LogP contribution in [-0.4, -0.2) is 61.2 Å². The third kappa shape index (κ3) is 2.96. The summed E-state index contributed by atoms with van der Waals surface area (Å²) < 4.78 is 0. The number of rotatable bonds is 3. The lowest BCUT2D eigenvalue weighted by Gasteiger charge is -2.28. The first kappa shape index (κ1) is 12.3. The van der Waals surface area contributed by atoms with Crippen molar-refractivity contribution in [3.63, 3.8) is 0 Å². The Morgan fingerprint density at radius 2 is 2.12 bits per heavy atom. The third-order valence-corrected chi connectivity index (χ3v) is 4.30. The van der Waals surface area contributed by atoms with E-state index >= 15 is 0 Å². The third-order valence-electron chi connectivity index (χ3n) is 4.30. The Morgan fingerprint density at radius 1 is 1.25 bits per heavy atom. The maximum atomic E-state index is 3.49. The maximum Gasteiger partial charge on any atom is 0.0236 e. The molecule has 16 heavy (non-hydrogen) atoms. The van der Waals surface area contributed by atoms with Crippen LogP contribution >= 0.6 is 0 Å². The zero-order valence-corrected chi connectivity index (χ0v) is 10.9. The zero-order chi connectivity index (χ0) is 11.4. The van der Waals surface area contributed by atoms with Gasteiger partial charge in [-0.1, -0.05) is 6.92 Å². The minimum Gasteiger partial charge on any atom is -0.315 e. The fourth-order valence-electron chi connectivity index (χ4n) is 2.96. The zero-order valence-electron chi connectivity index (χ0n) is 10.9. The topological polar surface area (TPSA) is 18.5 Å². The van der Waals surface area contributed by atoms with Crippen molar-refractivity contribution in [2.24, 2.45) is 0 Å². The molecule has 2 unspecified atom stereocenters. The van der Waals surface area contributed by atoms with Crippen LogP contribution in [0.4, 0.5) is 0 Å². The summed E-state index contributed by atoms with van der Waals surface area (Å²) in [5, 5.41) is 3.49. The van der Waals surface area contributed by atoms with Crippen molar-refractivity contribution < 1.29 is 0 Å². The smallest absolute Gasteiger partial charge is 0.0236 e. The molecule has 0 aromatic heterocycles. The minimum atomic E-state index is 0.773. The number of likely N-dealkylation sites (tertiary alicyclic amines) is 1. The van der Waals surface area contributed by atoms with E-state index in [2.05, 4.69) is 29.0 Å². The van der Waals surface area contributed by atoms with E-state index in [0.29, 0.717) is 0 Å². The SMILES string of the molecule is CCC(C)N1CCC(N2CCCNCC2)C1. The fourth-order valence-corrected chi connectivity index (χ4v) is 2.96. The van der Waals surface area contributed by atoms with Crippen molar-refractivity contribution in [3.8, 4) is 0 Å². The summed E-state index contributed by atoms with van der Waals surface area (Å²) in [7, 11) is 0. The molecule has 0 aromatic carbocycles. The Labute approximate surface area is 100 Å². The second kappa shape index (κ2) is 5.99. The van der Waals surface area contributed by atoms with Crippen LogP contribution in [0.2, 0.25) is 0 Å². The molecule has 94 valence electrons. The molecular formula is C13H27N3. The number of hydrogen-bond acceptors (Lipinski definition) is 3. The molecule has 2 rings (SSSR count). The van der Waals surface area contributed by atoms with Crippen LogP contribution < -0.4 is 5.32 Å². The van der Waals surface area contributed by atoms with Gasteiger partial charge in [0.1, 0.15) is 0 Å². The highest BCUT2D eigenvalue weighted by molar-refractivity contribution is 4.86. The first-order chi connectivity index (χ1) is 7.81. The summed E-state index contributed by atoms with van der Waals surface area (Å²) in [6.07, 6.45) is 3.98. The lowest BCUT2D eigenvalue weighted by molar-refractivity contribution is 0.186. The summed E-state index contributed by atoms with van der Waals surface area (Å²) >= 11 is 0. The Hall–Kier alpha value is -0.120. The van der Waals surface area contributed by atoms with Crippen LogP contribution in [0.15, 0.2) is 0 Å². The molecule has 2 heterocycles. The first-order valence-corrected chi connectivity index (χ1v) is 7.00. The molecule has 0 bridgehead atoms. The molecule has 2 atom stereocenters. The molecule has 0 amide bonds. The summed E-state index contributed by atoms with van der Waals surface area (Å²) in [5.74, 6) is 0. The summed E-state index contributed by atoms with van der Waals surface area (Å²) in [4.78, 5) is 5.38. The van der Waals surface area contributed by atoms with Crippen LogP contribution in [0.5, 0.6) is 0 Å². The van der Waals surface area contributed by atoms with Gasteiger partial charge in [-0.2, -0.15) is 0 Å². The number of nitrogens with zero attached hydrogens (tertiary/aromatic N) is 2. The van der Waals surface area contributed by atoms with Gasteiger partial charge in [0.05, 0.1) is 0 Å². The molecule has 2 aliphatic rings. The van der Waals surface area contributed by atoms with Crippen molar-refractivity contribution in [1.29, 1.82) is 0 Å². The second-order valence-corrected chi connectivity index (χ2v) is 5.33. The van der Waals surface area contributed by atoms with Crippen molar-refractivity contribution in [2.75, 3.05) is 39.3 Å². The highest BCUT2D eigenvalue weighted by Gasteiger charge is 2.29. The van der Waals surface area contributed by atoms with Gasteiger partial charge in [-0.3, -0.25) is 9.80 Å². The van der Waals surface area contributed by atoms with Crippen molar-refractivity contribution in [1.82, 2.24) is 15.1 Å². The molecule has 0 saturated carbocycles. The lowest BCUT2D eigenvalue weighted by Crippen LogP contribution is -2.41. The van der Waals surface area contributed by atoms with Gasteiger partial charge < -0.3 is 5.32 Å². The molecule has 3 heteroatoms. The Kier molecular flexibility index (Phi) is 4.62. The van der Waals surface area contributed by atoms with Gasteiger partial charge in [0.25, 0.3) is 0 Å². The molecule has 2 fully saturated rings. The Morgan fingerprint density at radius 3 is 2.94 bits per heavy atom. The normalized spacial score (nSPS) is 31.5. The molecular weight excluding hydrogens is 198 g/mol. The molecule has 3 nitrogen and oxygen atoms in total. The Balaban J connectivity index is 1.82. The quantitative estimate of drug-likeness (QED) is 0.777. The first-order valence-electron chi connectivity index (χ1n) is 7.00. The van der Waals surface area contributed by atoms with Crippen molar-refractivity contribution in [3.05, 3.63) is 0 Å². The van der Waals surface area contributed by atoms with E-state index in [1.54, 1.807) is 0 Å². The molecule has 2 saturated heterocycles. The van der Waals surface area contributed by atoms with E-state index in [1.807, 2.05) is 0 Å². The molecule has 0 aliphatic carbocycles. The van der Waals surface area contributed by atoms with Gasteiger partial charge in [-0.05, 0) is 39.3 Å². The number of hydrogen-bond donors (Lipinski definition) is 1. The molecule has 0 radical (unpaired) electrons. The largest absolute Gasteiger partial charge is 0.315 e. The van der Waals surface area contributed by atoms with E-state index in [4.69, 9.17) is 0 Å². The molecule has 2 aliphatic heterocycles. The summed E-state index contributed by atoms with van der Waals surface area (Å²) in [6.45, 7) is 12.2. The summed E-state index contributed by atoms with van der Waals surface area (Å²) in [5.41, 5.74) is 0. The highest BCUT2D eigenvalue weighted by atomic mass is 15.3. The maximum absolute atomic E-state index is 3.49. The molecule has 1 N–H and O–H groups in total. The standard InChI is InChI=1S/C13H27N3/c1-3-12(2)16-9-5-13(11-16)15-8-4-6-14-7-10-15/h12-14H,3-11H2,1-2H3. The van der Waals surface area contributed by atoms with Crippen LogP contribution in [0.3, 0.4) is 0 Å². The van der Waals surface area contributed by atoms with Crippen LogP contribution in [0, 0.1) is 0 Å². The predicted molar refractivity (Wildman–Crippen MR) is 68.8 cm³/mol. The van der Waals surface area contributed by atoms with Gasteiger partial charge in [-0.25, -0.2) is 0 Å². The van der Waals surface area contributed by atoms with Crippen LogP contribution in [0.25, 0.3) is 0 Å². The van der Waals surface area contributed by atoms with Gasteiger partial charge in [0, 0.05) is 38.3 Å². The van der Waals surface area contributed by atoms with Gasteiger partial charge in [-0.15, -0.1) is 0 Å². The van der Waals surface area contributed by atoms with Gasteiger partial charge in [0.2, 0.25) is 0 Å². The van der Waals surface area contributed by atoms with Crippen LogP contribution in [-0.2, 0) is 0 Å². The van der Waals surface area contributed by atoms with Crippen molar-refractivity contribution in [2.45, 2.75) is 45.2 Å². The van der Waals surface area contributed by atoms with E-state index in [9.17, 15) is 0 Å². The average molecular weight is 225 g/mol.